The third-order valence-corrected chi connectivity index (χ3v) is 18.7. The van der Waals surface area contributed by atoms with Crippen LogP contribution in [0.5, 0.6) is 0 Å². The van der Waals surface area contributed by atoms with Crippen molar-refractivity contribution in [2.75, 3.05) is 72.7 Å². The van der Waals surface area contributed by atoms with Crippen molar-refractivity contribution < 1.29 is 57.4 Å². The van der Waals surface area contributed by atoms with Gasteiger partial charge in [-0.25, -0.2) is 0 Å². The molecule has 0 aromatic heterocycles. The van der Waals surface area contributed by atoms with E-state index in [2.05, 4.69) is 31.9 Å². The molecule has 9 amide bonds. The van der Waals surface area contributed by atoms with E-state index in [-0.39, 0.29) is 108 Å². The maximum atomic E-state index is 14.4. The molecule has 2 heterocycles. The van der Waals surface area contributed by atoms with Gasteiger partial charge in [-0.1, -0.05) is 129 Å². The summed E-state index contributed by atoms with van der Waals surface area (Å²) in [6, 6.07) is 21.8. The topological polar surface area (TPSA) is 300 Å². The number of hydrogen-bond acceptors (Lipinski definition) is 15. The molecule has 0 spiro atoms. The van der Waals surface area contributed by atoms with Crippen LogP contribution in [-0.2, 0) is 70.3 Å². The fraction of sp³-hybridized carbons (Fsp3) is 0.622. The molecule has 2 aliphatic rings. The number of imide groups is 1. The van der Waals surface area contributed by atoms with Gasteiger partial charge in [-0.15, -0.1) is 0 Å². The number of rotatable bonds is 39. The molecule has 23 heteroatoms. The Morgan fingerprint density at radius 3 is 1.77 bits per heavy atom. The van der Waals surface area contributed by atoms with Crippen LogP contribution >= 0.6 is 0 Å². The molecule has 2 saturated heterocycles. The highest BCUT2D eigenvalue weighted by Gasteiger charge is 2.44. The van der Waals surface area contributed by atoms with E-state index in [1.165, 1.54) is 11.8 Å². The fourth-order valence-electron chi connectivity index (χ4n) is 13.0. The maximum Gasteiger partial charge on any atom is 0.247 e. The first-order valence-electron chi connectivity index (χ1n) is 34.8. The molecule has 2 unspecified atom stereocenters. The molecule has 2 fully saturated rings. The molecule has 8 N–H and O–H groups in total. The van der Waals surface area contributed by atoms with E-state index in [4.69, 9.17) is 15.2 Å². The number of hydrogen-bond donors (Lipinski definition) is 7. The number of benzene rings is 3. The smallest absolute Gasteiger partial charge is 0.247 e. The van der Waals surface area contributed by atoms with Crippen molar-refractivity contribution in [2.45, 2.75) is 207 Å². The summed E-state index contributed by atoms with van der Waals surface area (Å²) in [4.78, 5) is 138. The van der Waals surface area contributed by atoms with Gasteiger partial charge in [-0.3, -0.25) is 57.7 Å². The lowest BCUT2D eigenvalue weighted by molar-refractivity contribution is -0.148. The highest BCUT2D eigenvalue weighted by atomic mass is 16.5. The molecule has 0 saturated carbocycles. The number of likely N-dealkylation sites (N-methyl/N-ethyl adjacent to an activating group) is 2. The third-order valence-electron chi connectivity index (χ3n) is 18.7. The number of ether oxygens (including phenoxy) is 2. The van der Waals surface area contributed by atoms with Crippen LogP contribution in [0.15, 0.2) is 84.9 Å². The fourth-order valence-corrected chi connectivity index (χ4v) is 13.0. The number of nitrogens with one attached hydrogen (secondary N) is 6. The first kappa shape index (κ1) is 81.8. The van der Waals surface area contributed by atoms with Gasteiger partial charge in [0.2, 0.25) is 53.2 Å². The Kier molecular flexibility index (Phi) is 35.1. The van der Waals surface area contributed by atoms with Crippen LogP contribution in [0, 0.1) is 29.6 Å². The van der Waals surface area contributed by atoms with E-state index in [9.17, 15) is 47.9 Å². The average Bonchev–Trinajstić information content (AvgIpc) is 1.80. The number of carbonyl (C=O) groups excluding carboxylic acids is 10. The molecule has 538 valence electrons. The van der Waals surface area contributed by atoms with Gasteiger partial charge < -0.3 is 56.9 Å². The van der Waals surface area contributed by atoms with Crippen molar-refractivity contribution in [2.24, 2.45) is 35.3 Å². The van der Waals surface area contributed by atoms with E-state index in [0.29, 0.717) is 63.8 Å². The number of Topliss-reactive ketones (excluding diaryl/α,β-unsaturated/α-hetero) is 1. The van der Waals surface area contributed by atoms with Crippen molar-refractivity contribution in [3.05, 3.63) is 96.1 Å². The number of nitrogens with two attached hydrogens (primary N) is 1. The maximum absolute atomic E-state index is 14.4. The standard InChI is InChI=1S/C47H75N7O7.C27H40N4O5/c1-14-31(6)42(53(11)47(59)40(29(2)3)51-46(58)41(30(4)5)52(9)10)38(60-12)28-39(55)54-26-18-21-37(54)43(61-13)32(7)44(56)50-36(27-33-19-16-15-17-20-33)45(57)49-35-24-22-34(48-8)23-25-35;1-19-17-25(34)31(27(19)36)16-10-4-7-14-24(33)29-23(18-21-11-5-3-6-12-21)26(35)30-22(20(2)32)13-8-9-15-28/h15-17,19-20,22-25,29-32,36-38,40-43,48H,14,18,21,26-28H2,1-13H3,(H,49,57)(H,50,56)(H,51,58);3,5-6,11-12,19,22-23H,4,7-10,13-18,28H2,1-2H3,(H,29,33)(H,30,35)/t31-,32+,36-,37-,38+,40-,41?,42-,43+;19?,22-,23-/m00/s1. The van der Waals surface area contributed by atoms with Crippen LogP contribution in [0.2, 0.25) is 0 Å². The zero-order valence-corrected chi connectivity index (χ0v) is 60.5. The number of amides is 9. The summed E-state index contributed by atoms with van der Waals surface area (Å²) in [5.41, 5.74) is 8.83. The van der Waals surface area contributed by atoms with Crippen LogP contribution in [0.3, 0.4) is 0 Å². The molecule has 3 aromatic rings. The summed E-state index contributed by atoms with van der Waals surface area (Å²) in [5, 5.41) is 17.7. The summed E-state index contributed by atoms with van der Waals surface area (Å²) in [6.45, 7) is 18.2. The van der Waals surface area contributed by atoms with Crippen LogP contribution in [0.25, 0.3) is 0 Å². The SMILES string of the molecule is CC(=O)[C@H](CCCCN)NC(=O)[C@H](Cc1ccccc1)NC(=O)CCCCCN1C(=O)CC(C)C1=O.CC[C@H](C)[C@@H]([C@@H](CC(=O)N1CCC[C@H]1[C@H](OC)[C@@H](C)C(=O)N[C@@H](Cc1ccccc1)C(=O)Nc1ccc(NC)cc1)OC)N(C)C(=O)[C@@H](NC(=O)C(C(C)C)N(C)C)C(C)C. The second kappa shape index (κ2) is 41.6. The minimum absolute atomic E-state index is 0.0000143. The van der Waals surface area contributed by atoms with Gasteiger partial charge in [0, 0.05) is 84.4 Å². The predicted molar refractivity (Wildman–Crippen MR) is 378 cm³/mol. The number of likely N-dealkylation sites (tertiary alicyclic amines) is 2. The summed E-state index contributed by atoms with van der Waals surface area (Å²) in [7, 11) is 10.4. The second-order valence-corrected chi connectivity index (χ2v) is 27.1. The Hall–Kier alpha value is -7.60. The Bertz CT molecular complexity index is 2980. The van der Waals surface area contributed by atoms with Crippen LogP contribution in [0.1, 0.15) is 150 Å². The Balaban J connectivity index is 0.000000471. The van der Waals surface area contributed by atoms with Gasteiger partial charge in [0.15, 0.2) is 5.78 Å². The lowest BCUT2D eigenvalue weighted by Gasteiger charge is -2.41. The number of ketones is 1. The molecule has 2 aliphatic heterocycles. The monoisotopic (exact) mass is 1350 g/mol. The highest BCUT2D eigenvalue weighted by molar-refractivity contribution is 6.03. The van der Waals surface area contributed by atoms with E-state index >= 15 is 0 Å². The molecular weight excluding hydrogens is 1230 g/mol. The van der Waals surface area contributed by atoms with E-state index in [1.54, 1.807) is 57.0 Å². The molecule has 23 nitrogen and oxygen atoms in total. The minimum atomic E-state index is -0.881. The van der Waals surface area contributed by atoms with Gasteiger partial charge in [0.25, 0.3) is 0 Å². The van der Waals surface area contributed by atoms with Gasteiger partial charge in [0.05, 0.1) is 48.7 Å². The molecule has 0 aliphatic carbocycles. The molecule has 97 heavy (non-hydrogen) atoms. The lowest BCUT2D eigenvalue weighted by atomic mass is 9.89. The molecule has 0 bridgehead atoms. The third kappa shape index (κ3) is 25.3. The highest BCUT2D eigenvalue weighted by Crippen LogP contribution is 2.30. The van der Waals surface area contributed by atoms with E-state index in [0.717, 1.165) is 42.5 Å². The van der Waals surface area contributed by atoms with Gasteiger partial charge in [0.1, 0.15) is 18.1 Å². The summed E-state index contributed by atoms with van der Waals surface area (Å²) >= 11 is 0. The van der Waals surface area contributed by atoms with E-state index in [1.807, 2.05) is 140 Å². The van der Waals surface area contributed by atoms with Crippen molar-refractivity contribution in [3.63, 3.8) is 0 Å². The Morgan fingerprint density at radius 1 is 0.680 bits per heavy atom. The van der Waals surface area contributed by atoms with E-state index < -0.39 is 60.4 Å². The predicted octanol–water partition coefficient (Wildman–Crippen LogP) is 6.91. The Morgan fingerprint density at radius 2 is 1.27 bits per heavy atom. The van der Waals surface area contributed by atoms with Crippen LogP contribution in [-0.4, -0.2) is 195 Å². The normalized spacial score (nSPS) is 17.7. The van der Waals surface area contributed by atoms with Crippen LogP contribution in [0.4, 0.5) is 11.4 Å². The summed E-state index contributed by atoms with van der Waals surface area (Å²) < 4.78 is 12.1. The van der Waals surface area contributed by atoms with Crippen molar-refractivity contribution in [1.29, 1.82) is 0 Å². The molecule has 12 atom stereocenters. The number of nitrogens with zero attached hydrogens (tertiary/aromatic N) is 4. The summed E-state index contributed by atoms with van der Waals surface area (Å²) in [6.07, 6.45) is 5.73. The Labute approximate surface area is 576 Å². The van der Waals surface area contributed by atoms with Crippen molar-refractivity contribution >= 4 is 70.3 Å². The largest absolute Gasteiger partial charge is 0.388 e. The molecule has 3 aromatic carbocycles. The number of methoxy groups -OCH3 is 2. The quantitative estimate of drug-likeness (QED) is 0.0225. The number of unbranched alkanes of at least 4 members (excludes halogenated alkanes) is 3. The van der Waals surface area contributed by atoms with Gasteiger partial charge in [-0.2, -0.15) is 0 Å². The van der Waals surface area contributed by atoms with Gasteiger partial charge in [-0.05, 0) is 126 Å². The van der Waals surface area contributed by atoms with Crippen molar-refractivity contribution in [1.82, 2.24) is 40.9 Å². The first-order valence-corrected chi connectivity index (χ1v) is 34.8. The molecular formula is C74H115N11O12. The number of carbonyl (C=O) groups is 10. The second-order valence-electron chi connectivity index (χ2n) is 27.1. The zero-order valence-electron chi connectivity index (χ0n) is 60.5. The molecule has 5 rings (SSSR count). The molecule has 0 radical (unpaired) electrons. The first-order chi connectivity index (χ1) is 46.1. The zero-order chi connectivity index (χ0) is 72.1. The van der Waals surface area contributed by atoms with Crippen molar-refractivity contribution in [3.8, 4) is 0 Å². The number of anilines is 2. The lowest BCUT2D eigenvalue weighted by Crippen LogP contribution is -2.59. The minimum Gasteiger partial charge on any atom is -0.388 e. The average molecular weight is 1350 g/mol. The van der Waals surface area contributed by atoms with Crippen LogP contribution < -0.4 is 37.6 Å². The van der Waals surface area contributed by atoms with Gasteiger partial charge >= 0.3 is 0 Å². The summed E-state index contributed by atoms with van der Waals surface area (Å²) in [5.74, 6) is -3.53.